The van der Waals surface area contributed by atoms with E-state index in [9.17, 15) is 4.79 Å². The zero-order valence-corrected chi connectivity index (χ0v) is 14.5. The number of rotatable bonds is 8. The lowest BCUT2D eigenvalue weighted by atomic mass is 10.1. The van der Waals surface area contributed by atoms with Crippen molar-refractivity contribution in [2.45, 2.75) is 19.8 Å². The van der Waals surface area contributed by atoms with Gasteiger partial charge in [0.25, 0.3) is 5.91 Å². The van der Waals surface area contributed by atoms with Gasteiger partial charge in [0.2, 0.25) is 0 Å². The number of carbonyl (C=O) groups is 1. The molecule has 0 saturated carbocycles. The molecule has 0 aliphatic rings. The van der Waals surface area contributed by atoms with Gasteiger partial charge in [-0.2, -0.15) is 0 Å². The predicted molar refractivity (Wildman–Crippen MR) is 96.6 cm³/mol. The summed E-state index contributed by atoms with van der Waals surface area (Å²) < 4.78 is 0. The highest BCUT2D eigenvalue weighted by atomic mass is 16.1. The number of aromatic nitrogens is 2. The molecule has 0 aliphatic heterocycles. The molecule has 0 bridgehead atoms. The molecule has 0 atom stereocenters. The highest BCUT2D eigenvalue weighted by Crippen LogP contribution is 2.15. The maximum atomic E-state index is 12.1. The largest absolute Gasteiger partial charge is 0.351 e. The lowest BCUT2D eigenvalue weighted by Gasteiger charge is -2.10. The smallest absolute Gasteiger partial charge is 0.270 e. The SMILES string of the molecule is CCc1ccc(Nc2cc(C(=O)NCCCN(C)C)ncn2)cc1. The summed E-state index contributed by atoms with van der Waals surface area (Å²) in [4.78, 5) is 22.4. The molecule has 0 unspecified atom stereocenters. The normalized spacial score (nSPS) is 10.7. The Bertz CT molecular complexity index is 655. The molecule has 0 saturated heterocycles. The van der Waals surface area contributed by atoms with E-state index >= 15 is 0 Å². The third-order valence-corrected chi connectivity index (χ3v) is 3.60. The van der Waals surface area contributed by atoms with Crippen LogP contribution in [-0.2, 0) is 6.42 Å². The highest BCUT2D eigenvalue weighted by Gasteiger charge is 2.08. The number of nitrogens with one attached hydrogen (secondary N) is 2. The van der Waals surface area contributed by atoms with Crippen LogP contribution in [-0.4, -0.2) is 48.0 Å². The molecular formula is C18H25N5O. The van der Waals surface area contributed by atoms with Gasteiger partial charge in [0, 0.05) is 18.3 Å². The van der Waals surface area contributed by atoms with Gasteiger partial charge in [-0.05, 0) is 51.2 Å². The Hall–Kier alpha value is -2.47. The molecule has 2 N–H and O–H groups in total. The van der Waals surface area contributed by atoms with Gasteiger partial charge in [0.1, 0.15) is 17.8 Å². The molecular weight excluding hydrogens is 302 g/mol. The van der Waals surface area contributed by atoms with E-state index < -0.39 is 0 Å². The standard InChI is InChI=1S/C18H25N5O/c1-4-14-6-8-15(9-7-14)22-17-12-16(20-13-21-17)18(24)19-10-5-11-23(2)3/h6-9,12-13H,4-5,10-11H2,1-3H3,(H,19,24)(H,20,21,22). The molecule has 1 aromatic carbocycles. The fourth-order valence-corrected chi connectivity index (χ4v) is 2.21. The van der Waals surface area contributed by atoms with E-state index in [-0.39, 0.29) is 5.91 Å². The Morgan fingerprint density at radius 3 is 2.58 bits per heavy atom. The topological polar surface area (TPSA) is 70.2 Å². The van der Waals surface area contributed by atoms with Crippen molar-refractivity contribution in [3.05, 3.63) is 47.9 Å². The molecule has 0 aliphatic carbocycles. The average Bonchev–Trinajstić information content (AvgIpc) is 2.59. The maximum Gasteiger partial charge on any atom is 0.270 e. The average molecular weight is 327 g/mol. The van der Waals surface area contributed by atoms with Crippen LogP contribution in [0.2, 0.25) is 0 Å². The second-order valence-corrected chi connectivity index (χ2v) is 5.88. The Morgan fingerprint density at radius 2 is 1.92 bits per heavy atom. The van der Waals surface area contributed by atoms with Gasteiger partial charge >= 0.3 is 0 Å². The summed E-state index contributed by atoms with van der Waals surface area (Å²) in [6.07, 6.45) is 3.31. The van der Waals surface area contributed by atoms with Gasteiger partial charge in [-0.3, -0.25) is 4.79 Å². The summed E-state index contributed by atoms with van der Waals surface area (Å²) in [6.45, 7) is 3.68. The lowest BCUT2D eigenvalue weighted by Crippen LogP contribution is -2.27. The minimum atomic E-state index is -0.180. The number of nitrogens with zero attached hydrogens (tertiary/aromatic N) is 3. The molecule has 2 aromatic rings. The van der Waals surface area contributed by atoms with Gasteiger partial charge in [0.05, 0.1) is 0 Å². The zero-order valence-electron chi connectivity index (χ0n) is 14.5. The molecule has 1 heterocycles. The van der Waals surface area contributed by atoms with Crippen LogP contribution < -0.4 is 10.6 Å². The van der Waals surface area contributed by atoms with Gasteiger partial charge in [-0.25, -0.2) is 9.97 Å². The van der Waals surface area contributed by atoms with Crippen molar-refractivity contribution in [2.24, 2.45) is 0 Å². The minimum Gasteiger partial charge on any atom is -0.351 e. The van der Waals surface area contributed by atoms with Crippen molar-refractivity contribution >= 4 is 17.4 Å². The maximum absolute atomic E-state index is 12.1. The monoisotopic (exact) mass is 327 g/mol. The molecule has 0 spiro atoms. The third-order valence-electron chi connectivity index (χ3n) is 3.60. The first-order valence-corrected chi connectivity index (χ1v) is 8.19. The highest BCUT2D eigenvalue weighted by molar-refractivity contribution is 5.92. The van der Waals surface area contributed by atoms with E-state index in [0.29, 0.717) is 18.1 Å². The summed E-state index contributed by atoms with van der Waals surface area (Å²) in [5.41, 5.74) is 2.58. The van der Waals surface area contributed by atoms with E-state index in [1.807, 2.05) is 26.2 Å². The second kappa shape index (κ2) is 8.98. The fraction of sp³-hybridized carbons (Fsp3) is 0.389. The van der Waals surface area contributed by atoms with Crippen LogP contribution in [0.1, 0.15) is 29.4 Å². The van der Waals surface area contributed by atoms with E-state index in [4.69, 9.17) is 0 Å². The number of hydrogen-bond donors (Lipinski definition) is 2. The number of amides is 1. The van der Waals surface area contributed by atoms with E-state index in [0.717, 1.165) is 25.1 Å². The molecule has 2 rings (SSSR count). The fourth-order valence-electron chi connectivity index (χ4n) is 2.21. The molecule has 6 heteroatoms. The van der Waals surface area contributed by atoms with Crippen molar-refractivity contribution in [2.75, 3.05) is 32.5 Å². The molecule has 0 radical (unpaired) electrons. The van der Waals surface area contributed by atoms with Crippen LogP contribution in [0.4, 0.5) is 11.5 Å². The molecule has 24 heavy (non-hydrogen) atoms. The Kier molecular flexibility index (Phi) is 6.69. The van der Waals surface area contributed by atoms with Crippen LogP contribution in [0.3, 0.4) is 0 Å². The lowest BCUT2D eigenvalue weighted by molar-refractivity contribution is 0.0947. The van der Waals surface area contributed by atoms with Crippen molar-refractivity contribution in [3.63, 3.8) is 0 Å². The minimum absolute atomic E-state index is 0.180. The predicted octanol–water partition coefficient (Wildman–Crippen LogP) is 2.46. The molecule has 0 fully saturated rings. The number of carbonyl (C=O) groups excluding carboxylic acids is 1. The Balaban J connectivity index is 1.93. The number of anilines is 2. The first-order chi connectivity index (χ1) is 11.6. The summed E-state index contributed by atoms with van der Waals surface area (Å²) in [5.74, 6) is 0.424. The summed E-state index contributed by atoms with van der Waals surface area (Å²) in [7, 11) is 4.02. The van der Waals surface area contributed by atoms with Crippen LogP contribution in [0, 0.1) is 0 Å². The summed E-state index contributed by atoms with van der Waals surface area (Å²) in [5, 5.41) is 6.07. The van der Waals surface area contributed by atoms with E-state index in [2.05, 4.69) is 44.6 Å². The quantitative estimate of drug-likeness (QED) is 0.729. The summed E-state index contributed by atoms with van der Waals surface area (Å²) in [6, 6.07) is 9.81. The van der Waals surface area contributed by atoms with Gasteiger partial charge in [-0.15, -0.1) is 0 Å². The van der Waals surface area contributed by atoms with Crippen molar-refractivity contribution < 1.29 is 4.79 Å². The number of aryl methyl sites for hydroxylation is 1. The second-order valence-electron chi connectivity index (χ2n) is 5.88. The van der Waals surface area contributed by atoms with Crippen LogP contribution in [0.25, 0.3) is 0 Å². The van der Waals surface area contributed by atoms with E-state index in [1.165, 1.54) is 11.9 Å². The van der Waals surface area contributed by atoms with Crippen molar-refractivity contribution in [1.82, 2.24) is 20.2 Å². The first-order valence-electron chi connectivity index (χ1n) is 8.19. The Morgan fingerprint density at radius 1 is 1.17 bits per heavy atom. The van der Waals surface area contributed by atoms with Gasteiger partial charge in [0.15, 0.2) is 0 Å². The van der Waals surface area contributed by atoms with E-state index in [1.54, 1.807) is 6.07 Å². The molecule has 1 amide bonds. The van der Waals surface area contributed by atoms with Crippen LogP contribution in [0.15, 0.2) is 36.7 Å². The molecule has 128 valence electrons. The van der Waals surface area contributed by atoms with Crippen molar-refractivity contribution in [1.29, 1.82) is 0 Å². The summed E-state index contributed by atoms with van der Waals surface area (Å²) >= 11 is 0. The Labute approximate surface area is 143 Å². The zero-order chi connectivity index (χ0) is 17.4. The van der Waals surface area contributed by atoms with Crippen molar-refractivity contribution in [3.8, 4) is 0 Å². The molecule has 6 nitrogen and oxygen atoms in total. The van der Waals surface area contributed by atoms with Gasteiger partial charge in [-0.1, -0.05) is 19.1 Å². The van der Waals surface area contributed by atoms with Crippen LogP contribution in [0.5, 0.6) is 0 Å². The third kappa shape index (κ3) is 5.62. The number of benzene rings is 1. The first kappa shape index (κ1) is 17.9. The van der Waals surface area contributed by atoms with Gasteiger partial charge < -0.3 is 15.5 Å². The molecule has 1 aromatic heterocycles. The number of hydrogen-bond acceptors (Lipinski definition) is 5. The van der Waals surface area contributed by atoms with Crippen LogP contribution >= 0.6 is 0 Å².